The molecule has 278 valence electrons. The van der Waals surface area contributed by atoms with Crippen LogP contribution in [-0.2, 0) is 19.1 Å². The largest absolute Gasteiger partial charge is 0.507 e. The summed E-state index contributed by atoms with van der Waals surface area (Å²) in [7, 11) is 4.33. The van der Waals surface area contributed by atoms with Crippen molar-refractivity contribution in [1.82, 2.24) is 10.3 Å². The molecule has 4 rings (SSSR count). The molecule has 4 N–H and O–H groups in total. The molecule has 0 saturated carbocycles. The van der Waals surface area contributed by atoms with E-state index in [1.807, 2.05) is 0 Å². The minimum absolute atomic E-state index is 0.0799. The van der Waals surface area contributed by atoms with Gasteiger partial charge < -0.3 is 39.8 Å². The van der Waals surface area contributed by atoms with Crippen LogP contribution >= 0.6 is 0 Å². The van der Waals surface area contributed by atoms with Crippen molar-refractivity contribution in [2.75, 3.05) is 33.2 Å². The molecule has 2 amide bonds. The molecule has 1 aliphatic rings. The second-order valence-electron chi connectivity index (χ2n) is 12.5. The normalized spacial score (nSPS) is 15.7. The number of Topliss-reactive ketones (excluding diaryl/α,β-unsaturated/α-hetero) is 1. The summed E-state index contributed by atoms with van der Waals surface area (Å²) in [5, 5.41) is 29.0. The number of phenols is 2. The van der Waals surface area contributed by atoms with E-state index < -0.39 is 29.6 Å². The second-order valence-corrected chi connectivity index (χ2v) is 12.5. The zero-order valence-corrected chi connectivity index (χ0v) is 30.0. The zero-order chi connectivity index (χ0) is 37.6. The number of ether oxygens (including phenoxy) is 4. The molecule has 0 fully saturated rings. The average Bonchev–Trinajstić information content (AvgIpc) is 3.12. The Kier molecular flexibility index (Phi) is 14.4. The molecule has 2 aromatic carbocycles. The summed E-state index contributed by atoms with van der Waals surface area (Å²) in [6.45, 7) is 1.89. The van der Waals surface area contributed by atoms with E-state index in [-0.39, 0.29) is 65.0 Å². The molecule has 0 spiro atoms. The molecule has 13 nitrogen and oxygen atoms in total. The van der Waals surface area contributed by atoms with Gasteiger partial charge in [-0.05, 0) is 80.5 Å². The number of cyclic esters (lactones) is 1. The fourth-order valence-electron chi connectivity index (χ4n) is 6.10. The Balaban J connectivity index is 1.70. The minimum Gasteiger partial charge on any atom is -0.507 e. The summed E-state index contributed by atoms with van der Waals surface area (Å²) < 4.78 is 22.3. The number of aromatic nitrogens is 1. The molecule has 0 saturated heterocycles. The molecule has 1 aliphatic heterocycles. The van der Waals surface area contributed by atoms with Crippen LogP contribution in [0.1, 0.15) is 97.7 Å². The number of anilines is 1. The third-order valence-electron chi connectivity index (χ3n) is 8.73. The Bertz CT molecular complexity index is 1730. The maximum absolute atomic E-state index is 13.7. The van der Waals surface area contributed by atoms with Gasteiger partial charge in [-0.3, -0.25) is 19.4 Å². The number of ketones is 1. The number of nitrogens with one attached hydrogen (secondary N) is 2. The molecule has 0 radical (unpaired) electrons. The first-order chi connectivity index (χ1) is 25.1. The number of esters is 1. The van der Waals surface area contributed by atoms with Crippen molar-refractivity contribution in [2.24, 2.45) is 0 Å². The van der Waals surface area contributed by atoms with Crippen molar-refractivity contribution < 1.29 is 48.3 Å². The fraction of sp³-hybridized carbons (Fsp3) is 0.410. The van der Waals surface area contributed by atoms with Crippen LogP contribution in [0.2, 0.25) is 0 Å². The van der Waals surface area contributed by atoms with Gasteiger partial charge in [-0.15, -0.1) is 0 Å². The number of amides is 2. The van der Waals surface area contributed by atoms with Crippen molar-refractivity contribution in [2.45, 2.75) is 76.7 Å². The lowest BCUT2D eigenvalue weighted by Gasteiger charge is -2.24. The number of rotatable bonds is 12. The van der Waals surface area contributed by atoms with Crippen LogP contribution in [-0.4, -0.2) is 72.7 Å². The number of pyridine rings is 1. The van der Waals surface area contributed by atoms with Crippen LogP contribution in [0.3, 0.4) is 0 Å². The minimum atomic E-state index is -1.03. The third kappa shape index (κ3) is 10.5. The number of phenolic OH excluding ortho intramolecular Hbond substituents is 2. The van der Waals surface area contributed by atoms with Crippen molar-refractivity contribution in [1.29, 1.82) is 0 Å². The smallest absolute Gasteiger partial charge is 0.342 e. The van der Waals surface area contributed by atoms with Gasteiger partial charge >= 0.3 is 5.97 Å². The molecule has 0 bridgehead atoms. The van der Waals surface area contributed by atoms with Crippen LogP contribution in [0.25, 0.3) is 6.08 Å². The number of aromatic hydroxyl groups is 2. The SMILES string of the molecule is COc1cc(C(CC(=O)NCCCC(=O)Nc2cccnc2)c2c(O)cc3c(c2O)C(=O)O[C@@H](C)CCCC(=O)CCCC=C3)cc(OC)c1OC. The van der Waals surface area contributed by atoms with E-state index in [4.69, 9.17) is 18.9 Å². The summed E-state index contributed by atoms with van der Waals surface area (Å²) >= 11 is 0. The lowest BCUT2D eigenvalue weighted by molar-refractivity contribution is -0.122. The van der Waals surface area contributed by atoms with Gasteiger partial charge in [0.2, 0.25) is 17.6 Å². The molecule has 2 atom stereocenters. The number of allylic oxidation sites excluding steroid dienone is 1. The number of benzene rings is 2. The number of hydrogen-bond acceptors (Lipinski definition) is 11. The number of nitrogens with zero attached hydrogens (tertiary/aromatic N) is 1. The molecule has 2 heterocycles. The summed E-state index contributed by atoms with van der Waals surface area (Å²) in [6, 6.07) is 7.99. The third-order valence-corrected chi connectivity index (χ3v) is 8.73. The van der Waals surface area contributed by atoms with Crippen molar-refractivity contribution >= 4 is 35.3 Å². The molecular weight excluding hydrogens is 670 g/mol. The first-order valence-electron chi connectivity index (χ1n) is 17.3. The van der Waals surface area contributed by atoms with Crippen LogP contribution in [0.5, 0.6) is 28.7 Å². The Morgan fingerprint density at radius 1 is 1.02 bits per heavy atom. The van der Waals surface area contributed by atoms with Gasteiger partial charge in [0.05, 0.1) is 39.3 Å². The van der Waals surface area contributed by atoms with Crippen molar-refractivity contribution in [3.8, 4) is 28.7 Å². The highest BCUT2D eigenvalue weighted by Gasteiger charge is 2.32. The van der Waals surface area contributed by atoms with Gasteiger partial charge in [0.1, 0.15) is 22.8 Å². The van der Waals surface area contributed by atoms with E-state index in [2.05, 4.69) is 15.6 Å². The number of carbonyl (C=O) groups excluding carboxylic acids is 4. The summed E-state index contributed by atoms with van der Waals surface area (Å²) in [5.74, 6) is -2.44. The summed E-state index contributed by atoms with van der Waals surface area (Å²) in [6.07, 6.45) is 9.14. The van der Waals surface area contributed by atoms with E-state index in [0.29, 0.717) is 61.9 Å². The number of methoxy groups -OCH3 is 3. The van der Waals surface area contributed by atoms with E-state index in [1.54, 1.807) is 49.5 Å². The lowest BCUT2D eigenvalue weighted by atomic mass is 9.84. The number of hydrogen-bond donors (Lipinski definition) is 4. The molecule has 3 aromatic rings. The topological polar surface area (TPSA) is 183 Å². The molecule has 1 aromatic heterocycles. The Hall–Kier alpha value is -5.59. The molecule has 13 heteroatoms. The maximum atomic E-state index is 13.7. The van der Waals surface area contributed by atoms with Gasteiger partial charge in [0.15, 0.2) is 11.5 Å². The van der Waals surface area contributed by atoms with Crippen LogP contribution < -0.4 is 24.8 Å². The highest BCUT2D eigenvalue weighted by molar-refractivity contribution is 5.98. The molecule has 0 aliphatic carbocycles. The van der Waals surface area contributed by atoms with E-state index >= 15 is 0 Å². The van der Waals surface area contributed by atoms with Crippen LogP contribution in [0.4, 0.5) is 5.69 Å². The van der Waals surface area contributed by atoms with E-state index in [9.17, 15) is 29.4 Å². The van der Waals surface area contributed by atoms with E-state index in [0.717, 1.165) is 0 Å². The molecular formula is C39H47N3O10. The van der Waals surface area contributed by atoms with Crippen LogP contribution in [0, 0.1) is 0 Å². The van der Waals surface area contributed by atoms with Crippen molar-refractivity contribution in [3.05, 3.63) is 71.1 Å². The zero-order valence-electron chi connectivity index (χ0n) is 30.0. The summed E-state index contributed by atoms with van der Waals surface area (Å²) in [5.41, 5.74) is 0.949. The Labute approximate surface area is 303 Å². The predicted octanol–water partition coefficient (Wildman–Crippen LogP) is 6.06. The first kappa shape index (κ1) is 39.2. The summed E-state index contributed by atoms with van der Waals surface area (Å²) in [4.78, 5) is 55.8. The second kappa shape index (κ2) is 19.1. The monoisotopic (exact) mass is 717 g/mol. The Morgan fingerprint density at radius 2 is 1.75 bits per heavy atom. The fourth-order valence-corrected chi connectivity index (χ4v) is 6.10. The first-order valence-corrected chi connectivity index (χ1v) is 17.3. The molecule has 1 unspecified atom stereocenters. The van der Waals surface area contributed by atoms with Gasteiger partial charge in [-0.1, -0.05) is 12.2 Å². The number of fused-ring (bicyclic) bond motifs is 1. The highest BCUT2D eigenvalue weighted by atomic mass is 16.5. The van der Waals surface area contributed by atoms with Gasteiger partial charge in [-0.2, -0.15) is 0 Å². The van der Waals surface area contributed by atoms with Crippen LogP contribution in [0.15, 0.2) is 48.8 Å². The van der Waals surface area contributed by atoms with Gasteiger partial charge in [0.25, 0.3) is 0 Å². The van der Waals surface area contributed by atoms with E-state index in [1.165, 1.54) is 33.6 Å². The van der Waals surface area contributed by atoms with Gasteiger partial charge in [-0.25, -0.2) is 4.79 Å². The standard InChI is InChI=1S/C39H47N3O10/c1-24-11-8-15-28(43)14-7-5-6-12-25-19-30(44)36(37(47)35(25)39(48)52-24)29(26-20-31(49-2)38(51-4)32(21-26)50-3)22-34(46)41-18-10-16-33(45)42-27-13-9-17-40-23-27/h6,9,12-13,17,19-21,23-24,29,44,47H,5,7-8,10-11,14-16,18,22H2,1-4H3,(H,41,46)(H,42,45)/t24-,29?/m0/s1. The molecule has 52 heavy (non-hydrogen) atoms. The number of carbonyl (C=O) groups is 4. The highest BCUT2D eigenvalue weighted by Crippen LogP contribution is 2.47. The van der Waals surface area contributed by atoms with Crippen molar-refractivity contribution in [3.63, 3.8) is 0 Å². The van der Waals surface area contributed by atoms with Gasteiger partial charge in [0, 0.05) is 49.9 Å². The average molecular weight is 718 g/mol. The lowest BCUT2D eigenvalue weighted by Crippen LogP contribution is -2.27. The maximum Gasteiger partial charge on any atom is 0.342 e. The quantitative estimate of drug-likeness (QED) is 0.126. The Morgan fingerprint density at radius 3 is 2.42 bits per heavy atom. The predicted molar refractivity (Wildman–Crippen MR) is 194 cm³/mol.